The van der Waals surface area contributed by atoms with E-state index < -0.39 is 0 Å². The third-order valence-corrected chi connectivity index (χ3v) is 2.36. The molecule has 0 amide bonds. The molecule has 96 valence electrons. The molecule has 0 unspecified atom stereocenters. The Balaban J connectivity index is -0.000000248. The third-order valence-electron chi connectivity index (χ3n) is 2.36. The Morgan fingerprint density at radius 2 is 1.41 bits per heavy atom. The first-order chi connectivity index (χ1) is 7.86. The van der Waals surface area contributed by atoms with Crippen LogP contribution < -0.4 is 15.3 Å². The van der Waals surface area contributed by atoms with Crippen molar-refractivity contribution in [1.82, 2.24) is 0 Å². The smallest absolute Gasteiger partial charge is 0.857 e. The van der Waals surface area contributed by atoms with Gasteiger partial charge in [0.2, 0.25) is 0 Å². The van der Waals surface area contributed by atoms with E-state index in [1.165, 1.54) is 31.2 Å². The summed E-state index contributed by atoms with van der Waals surface area (Å²) in [5.74, 6) is 0. The van der Waals surface area contributed by atoms with E-state index in [0.717, 1.165) is 21.3 Å². The first-order valence-corrected chi connectivity index (χ1v) is 5.34. The minimum absolute atomic E-state index is 0. The van der Waals surface area contributed by atoms with E-state index in [-0.39, 0.29) is 21.7 Å². The molecule has 4 heteroatoms. The summed E-state index contributed by atoms with van der Waals surface area (Å²) in [4.78, 5) is 0. The zero-order valence-electron chi connectivity index (χ0n) is 11.2. The maximum Gasteiger partial charge on any atom is 4.00 e. The fraction of sp³-hybridized carbons (Fsp3) is 0.615. The van der Waals surface area contributed by atoms with Gasteiger partial charge >= 0.3 is 21.7 Å². The van der Waals surface area contributed by atoms with Gasteiger partial charge < -0.3 is 15.3 Å². The van der Waals surface area contributed by atoms with Crippen LogP contribution in [0, 0.1) is 6.92 Å². The van der Waals surface area contributed by atoms with E-state index in [0.29, 0.717) is 0 Å². The van der Waals surface area contributed by atoms with Gasteiger partial charge in [0.05, 0.1) is 0 Å². The number of hydrogen-bond donors (Lipinski definition) is 0. The Hall–Kier alpha value is -0.0557. The molecular formula is C13H22O3Ti. The number of hydrogen-bond acceptors (Lipinski definition) is 3. The van der Waals surface area contributed by atoms with Crippen LogP contribution in [0.25, 0.3) is 0 Å². The summed E-state index contributed by atoms with van der Waals surface area (Å²) < 4.78 is 0. The Bertz CT molecular complexity index is 223. The summed E-state index contributed by atoms with van der Waals surface area (Å²) in [6, 6.07) is 4.68. The summed E-state index contributed by atoms with van der Waals surface area (Å²) in [5.41, 5.74) is 4.68. The SMILES string of the molecule is C[O-].C[O-].C[O-].Cc1cc2c([cH-]1)CCCC2.[Ti+4]. The van der Waals surface area contributed by atoms with Gasteiger partial charge in [-0.3, -0.25) is 0 Å². The van der Waals surface area contributed by atoms with E-state index in [9.17, 15) is 0 Å². The van der Waals surface area contributed by atoms with Crippen molar-refractivity contribution in [2.75, 3.05) is 21.3 Å². The van der Waals surface area contributed by atoms with Crippen LogP contribution in [-0.2, 0) is 34.6 Å². The van der Waals surface area contributed by atoms with Crippen LogP contribution in [0.4, 0.5) is 0 Å². The van der Waals surface area contributed by atoms with Gasteiger partial charge in [-0.1, -0.05) is 32.6 Å². The van der Waals surface area contributed by atoms with E-state index >= 15 is 0 Å². The normalized spacial score (nSPS) is 11.0. The molecular weight excluding hydrogens is 252 g/mol. The first kappa shape index (κ1) is 22.2. The molecule has 0 spiro atoms. The van der Waals surface area contributed by atoms with Gasteiger partial charge in [0, 0.05) is 0 Å². The molecule has 1 aliphatic carbocycles. The van der Waals surface area contributed by atoms with Gasteiger partial charge in [-0.2, -0.15) is 44.1 Å². The van der Waals surface area contributed by atoms with Gasteiger partial charge in [-0.05, 0) is 0 Å². The van der Waals surface area contributed by atoms with Crippen LogP contribution in [-0.4, -0.2) is 21.3 Å². The van der Waals surface area contributed by atoms with Crippen LogP contribution >= 0.6 is 0 Å². The van der Waals surface area contributed by atoms with E-state index in [1.807, 2.05) is 0 Å². The van der Waals surface area contributed by atoms with Crippen molar-refractivity contribution in [2.24, 2.45) is 0 Å². The predicted octanol–water partition coefficient (Wildman–Crippen LogP) is -0.480. The monoisotopic (exact) mass is 274 g/mol. The fourth-order valence-corrected chi connectivity index (χ4v) is 1.87. The summed E-state index contributed by atoms with van der Waals surface area (Å²) in [6.45, 7) is 2.19. The number of rotatable bonds is 0. The van der Waals surface area contributed by atoms with Crippen molar-refractivity contribution in [3.8, 4) is 0 Å². The van der Waals surface area contributed by atoms with Crippen LogP contribution in [0.1, 0.15) is 29.5 Å². The van der Waals surface area contributed by atoms with Gasteiger partial charge in [0.15, 0.2) is 0 Å². The Morgan fingerprint density at radius 3 is 1.88 bits per heavy atom. The maximum absolute atomic E-state index is 8.25. The molecule has 3 nitrogen and oxygen atoms in total. The molecule has 0 atom stereocenters. The summed E-state index contributed by atoms with van der Waals surface area (Å²) in [7, 11) is 2.25. The molecule has 17 heavy (non-hydrogen) atoms. The van der Waals surface area contributed by atoms with Crippen LogP contribution in [0.5, 0.6) is 0 Å². The van der Waals surface area contributed by atoms with Crippen molar-refractivity contribution >= 4 is 0 Å². The zero-order valence-corrected chi connectivity index (χ0v) is 12.8. The second-order valence-electron chi connectivity index (χ2n) is 3.29. The quantitative estimate of drug-likeness (QED) is 0.474. The van der Waals surface area contributed by atoms with Crippen molar-refractivity contribution in [2.45, 2.75) is 32.6 Å². The molecule has 1 aliphatic rings. The number of aryl methyl sites for hydroxylation is 3. The van der Waals surface area contributed by atoms with Crippen LogP contribution in [0.15, 0.2) is 12.1 Å². The topological polar surface area (TPSA) is 69.2 Å². The maximum atomic E-state index is 8.25. The summed E-state index contributed by atoms with van der Waals surface area (Å²) in [5, 5.41) is 24.8. The van der Waals surface area contributed by atoms with Crippen LogP contribution in [0.2, 0.25) is 0 Å². The van der Waals surface area contributed by atoms with Gasteiger partial charge in [-0.15, -0.1) is 0 Å². The fourth-order valence-electron chi connectivity index (χ4n) is 1.87. The molecule has 2 rings (SSSR count). The third kappa shape index (κ3) is 8.64. The molecule has 0 saturated carbocycles. The molecule has 0 N–H and O–H groups in total. The first-order valence-electron chi connectivity index (χ1n) is 5.34. The molecule has 0 fully saturated rings. The predicted molar refractivity (Wildman–Crippen MR) is 61.2 cm³/mol. The van der Waals surface area contributed by atoms with E-state index in [2.05, 4.69) is 19.1 Å². The molecule has 1 aromatic carbocycles. The average Bonchev–Trinajstić information content (AvgIpc) is 2.76. The van der Waals surface area contributed by atoms with Gasteiger partial charge in [-0.25, -0.2) is 6.07 Å². The van der Waals surface area contributed by atoms with Crippen molar-refractivity contribution in [1.29, 1.82) is 0 Å². The van der Waals surface area contributed by atoms with Crippen molar-refractivity contribution in [3.63, 3.8) is 0 Å². The Kier molecular flexibility index (Phi) is 20.8. The van der Waals surface area contributed by atoms with Gasteiger partial charge in [0.25, 0.3) is 0 Å². The Morgan fingerprint density at radius 1 is 0.941 bits per heavy atom. The summed E-state index contributed by atoms with van der Waals surface area (Å²) in [6.07, 6.45) is 5.44. The molecule has 0 aromatic heterocycles. The molecule has 0 bridgehead atoms. The van der Waals surface area contributed by atoms with Crippen molar-refractivity contribution in [3.05, 3.63) is 28.8 Å². The van der Waals surface area contributed by atoms with Gasteiger partial charge in [0.1, 0.15) is 0 Å². The number of fused-ring (bicyclic) bond motifs is 1. The zero-order chi connectivity index (χ0) is 13.0. The second kappa shape index (κ2) is 15.9. The minimum atomic E-state index is 0. The van der Waals surface area contributed by atoms with E-state index in [4.69, 9.17) is 15.3 Å². The standard InChI is InChI=1S/C10H13.3CH3O.Ti/c1-8-6-9-4-2-3-5-10(9)7-8;3*1-2;/h6-7H,2-5H2,1H3;3*1H3;/q4*-1;+4. The Labute approximate surface area is 120 Å². The molecule has 1 aromatic rings. The second-order valence-corrected chi connectivity index (χ2v) is 3.29. The summed E-state index contributed by atoms with van der Waals surface area (Å²) >= 11 is 0. The molecule has 0 heterocycles. The minimum Gasteiger partial charge on any atom is -0.857 e. The van der Waals surface area contributed by atoms with Crippen LogP contribution in [0.3, 0.4) is 0 Å². The largest absolute Gasteiger partial charge is 4.00 e. The molecule has 0 radical (unpaired) electrons. The van der Waals surface area contributed by atoms with E-state index in [1.54, 1.807) is 11.1 Å². The average molecular weight is 274 g/mol. The molecule has 0 aliphatic heterocycles. The molecule has 0 saturated heterocycles. The van der Waals surface area contributed by atoms with Crippen molar-refractivity contribution < 1.29 is 37.0 Å².